The van der Waals surface area contributed by atoms with E-state index in [2.05, 4.69) is 5.32 Å². The van der Waals surface area contributed by atoms with Crippen LogP contribution < -0.4 is 10.2 Å². The van der Waals surface area contributed by atoms with E-state index in [-0.39, 0.29) is 19.1 Å². The highest BCUT2D eigenvalue weighted by atomic mass is 19.4. The molecule has 1 atom stereocenters. The van der Waals surface area contributed by atoms with E-state index in [4.69, 9.17) is 4.74 Å². The van der Waals surface area contributed by atoms with Gasteiger partial charge in [-0.25, -0.2) is 4.39 Å². The van der Waals surface area contributed by atoms with E-state index < -0.39 is 29.2 Å². The summed E-state index contributed by atoms with van der Waals surface area (Å²) in [4.78, 5) is 15.0. The number of amides is 1. The Bertz CT molecular complexity index is 1210. The molecule has 0 bridgehead atoms. The number of nitrogens with one attached hydrogen (secondary N) is 1. The van der Waals surface area contributed by atoms with Gasteiger partial charge < -0.3 is 20.1 Å². The standard InChI is InChI=1S/C28H28F4N2O3/c1-33-26(35)25(20-9-13-23(29)14-10-20)34(24-6-2-5-22(16-24)27(36)17-37-18-27)15-3-4-19-7-11-21(12-8-19)28(30,31)32/h2,5-14,16,25,36H,3-4,15,17-18H2,1H3,(H,33,35)/t25-/m0/s1. The van der Waals surface area contributed by atoms with E-state index in [0.29, 0.717) is 36.2 Å². The van der Waals surface area contributed by atoms with Crippen LogP contribution in [0, 0.1) is 5.82 Å². The van der Waals surface area contributed by atoms with Crippen LogP contribution in [0.3, 0.4) is 0 Å². The third-order valence-corrected chi connectivity index (χ3v) is 6.53. The number of benzene rings is 3. The summed E-state index contributed by atoms with van der Waals surface area (Å²) in [6, 6.07) is 17.1. The van der Waals surface area contributed by atoms with Crippen LogP contribution in [0.1, 0.15) is 34.7 Å². The van der Waals surface area contributed by atoms with Gasteiger partial charge in [0, 0.05) is 19.3 Å². The second kappa shape index (κ2) is 10.9. The van der Waals surface area contributed by atoms with Gasteiger partial charge in [-0.2, -0.15) is 13.2 Å². The molecule has 1 amide bonds. The minimum absolute atomic E-state index is 0.168. The number of carbonyl (C=O) groups excluding carboxylic acids is 1. The number of anilines is 1. The van der Waals surface area contributed by atoms with Gasteiger partial charge in [-0.3, -0.25) is 4.79 Å². The van der Waals surface area contributed by atoms with Crippen LogP contribution >= 0.6 is 0 Å². The first-order valence-corrected chi connectivity index (χ1v) is 11.9. The lowest BCUT2D eigenvalue weighted by molar-refractivity contribution is -0.184. The summed E-state index contributed by atoms with van der Waals surface area (Å²) in [5, 5.41) is 13.5. The Morgan fingerprint density at radius 2 is 1.76 bits per heavy atom. The Balaban J connectivity index is 1.63. The highest BCUT2D eigenvalue weighted by Crippen LogP contribution is 2.35. The van der Waals surface area contributed by atoms with Gasteiger partial charge in [0.25, 0.3) is 0 Å². The highest BCUT2D eigenvalue weighted by Gasteiger charge is 2.38. The van der Waals surface area contributed by atoms with Crippen LogP contribution in [0.5, 0.6) is 0 Å². The molecule has 9 heteroatoms. The van der Waals surface area contributed by atoms with Crippen molar-refractivity contribution < 1.29 is 32.2 Å². The van der Waals surface area contributed by atoms with Crippen LogP contribution in [0.25, 0.3) is 0 Å². The van der Waals surface area contributed by atoms with Crippen LogP contribution in [-0.4, -0.2) is 37.8 Å². The molecule has 0 aliphatic carbocycles. The smallest absolute Gasteiger partial charge is 0.380 e. The van der Waals surface area contributed by atoms with Gasteiger partial charge in [0.15, 0.2) is 0 Å². The minimum Gasteiger partial charge on any atom is -0.380 e. The Morgan fingerprint density at radius 3 is 2.32 bits per heavy atom. The number of hydrogen-bond donors (Lipinski definition) is 2. The minimum atomic E-state index is -4.40. The fourth-order valence-corrected chi connectivity index (χ4v) is 4.41. The molecule has 37 heavy (non-hydrogen) atoms. The Kier molecular flexibility index (Phi) is 7.85. The predicted molar refractivity (Wildman–Crippen MR) is 131 cm³/mol. The molecule has 2 N–H and O–H groups in total. The van der Waals surface area contributed by atoms with E-state index in [1.165, 1.54) is 31.3 Å². The lowest BCUT2D eigenvalue weighted by Crippen LogP contribution is -2.46. The average molecular weight is 517 g/mol. The first kappa shape index (κ1) is 26.6. The first-order valence-electron chi connectivity index (χ1n) is 11.9. The van der Waals surface area contributed by atoms with Crippen molar-refractivity contribution in [1.29, 1.82) is 0 Å². The first-order chi connectivity index (χ1) is 17.6. The van der Waals surface area contributed by atoms with Crippen molar-refractivity contribution >= 4 is 11.6 Å². The monoisotopic (exact) mass is 516 g/mol. The molecule has 1 fully saturated rings. The number of nitrogens with zero attached hydrogens (tertiary/aromatic N) is 1. The van der Waals surface area contributed by atoms with Gasteiger partial charge in [0.2, 0.25) is 5.91 Å². The van der Waals surface area contributed by atoms with Crippen molar-refractivity contribution in [1.82, 2.24) is 5.32 Å². The molecule has 0 spiro atoms. The average Bonchev–Trinajstić information content (AvgIpc) is 2.87. The van der Waals surface area contributed by atoms with Gasteiger partial charge in [-0.1, -0.05) is 36.4 Å². The molecule has 3 aromatic rings. The second-order valence-corrected chi connectivity index (χ2v) is 9.13. The molecule has 0 unspecified atom stereocenters. The van der Waals surface area contributed by atoms with Crippen LogP contribution in [-0.2, 0) is 27.7 Å². The van der Waals surface area contributed by atoms with Crippen molar-refractivity contribution in [3.05, 3.63) is 101 Å². The Morgan fingerprint density at radius 1 is 1.08 bits per heavy atom. The van der Waals surface area contributed by atoms with Crippen LogP contribution in [0.4, 0.5) is 23.2 Å². The quantitative estimate of drug-likeness (QED) is 0.394. The van der Waals surface area contributed by atoms with E-state index in [1.54, 1.807) is 30.3 Å². The van der Waals surface area contributed by atoms with E-state index in [1.807, 2.05) is 11.0 Å². The number of ether oxygens (including phenoxy) is 1. The predicted octanol–water partition coefficient (Wildman–Crippen LogP) is 4.99. The zero-order valence-corrected chi connectivity index (χ0v) is 20.3. The van der Waals surface area contributed by atoms with Gasteiger partial charge in [-0.05, 0) is 65.9 Å². The normalized spacial score (nSPS) is 15.5. The summed E-state index contributed by atoms with van der Waals surface area (Å²) in [5.74, 6) is -0.736. The molecule has 3 aromatic carbocycles. The summed E-state index contributed by atoms with van der Waals surface area (Å²) in [6.45, 7) is 0.706. The zero-order chi connectivity index (χ0) is 26.6. The Labute approximate surface area is 212 Å². The summed E-state index contributed by atoms with van der Waals surface area (Å²) in [7, 11) is 1.52. The number of likely N-dealkylation sites (N-methyl/N-ethyl adjacent to an activating group) is 1. The van der Waals surface area contributed by atoms with Crippen LogP contribution in [0.15, 0.2) is 72.8 Å². The maximum Gasteiger partial charge on any atom is 0.416 e. The summed E-state index contributed by atoms with van der Waals surface area (Å²) >= 11 is 0. The third-order valence-electron chi connectivity index (χ3n) is 6.53. The largest absolute Gasteiger partial charge is 0.416 e. The number of alkyl halides is 3. The molecule has 5 nitrogen and oxygen atoms in total. The highest BCUT2D eigenvalue weighted by molar-refractivity contribution is 5.86. The lowest BCUT2D eigenvalue weighted by Gasteiger charge is -2.38. The molecule has 0 aromatic heterocycles. The van der Waals surface area contributed by atoms with E-state index >= 15 is 0 Å². The number of carbonyl (C=O) groups is 1. The number of aliphatic hydroxyl groups is 1. The topological polar surface area (TPSA) is 61.8 Å². The fourth-order valence-electron chi connectivity index (χ4n) is 4.41. The maximum atomic E-state index is 13.7. The van der Waals surface area contributed by atoms with Gasteiger partial charge in [-0.15, -0.1) is 0 Å². The SMILES string of the molecule is CNC(=O)[C@H](c1ccc(F)cc1)N(CCCc1ccc(C(F)(F)F)cc1)c1cccc(C2(O)COC2)c1. The summed E-state index contributed by atoms with van der Waals surface area (Å²) in [6.07, 6.45) is -3.39. The third kappa shape index (κ3) is 6.11. The molecule has 1 heterocycles. The van der Waals surface area contributed by atoms with Crippen molar-refractivity contribution in [3.8, 4) is 0 Å². The van der Waals surface area contributed by atoms with E-state index in [9.17, 15) is 27.5 Å². The van der Waals surface area contributed by atoms with Gasteiger partial charge in [0.1, 0.15) is 17.5 Å². The van der Waals surface area contributed by atoms with Crippen LogP contribution in [0.2, 0.25) is 0 Å². The van der Waals surface area contributed by atoms with Crippen molar-refractivity contribution in [2.75, 3.05) is 31.7 Å². The number of rotatable bonds is 9. The molecular formula is C28H28F4N2O3. The van der Waals surface area contributed by atoms with E-state index in [0.717, 1.165) is 17.7 Å². The lowest BCUT2D eigenvalue weighted by atomic mass is 9.91. The number of hydrogen-bond acceptors (Lipinski definition) is 4. The molecule has 1 aliphatic rings. The Hall–Kier alpha value is -3.43. The van der Waals surface area contributed by atoms with Gasteiger partial charge >= 0.3 is 6.18 Å². The maximum absolute atomic E-state index is 13.7. The molecular weight excluding hydrogens is 488 g/mol. The number of aryl methyl sites for hydroxylation is 1. The summed E-state index contributed by atoms with van der Waals surface area (Å²) in [5.41, 5.74) is 0.818. The zero-order valence-electron chi connectivity index (χ0n) is 20.3. The van der Waals surface area contributed by atoms with Crippen molar-refractivity contribution in [2.24, 2.45) is 0 Å². The fraction of sp³-hybridized carbons (Fsp3) is 0.321. The molecule has 0 radical (unpaired) electrons. The number of halogens is 4. The van der Waals surface area contributed by atoms with Crippen molar-refractivity contribution in [3.63, 3.8) is 0 Å². The molecule has 196 valence electrons. The van der Waals surface area contributed by atoms with Gasteiger partial charge in [0.05, 0.1) is 18.8 Å². The molecule has 0 saturated carbocycles. The summed E-state index contributed by atoms with van der Waals surface area (Å²) < 4.78 is 57.5. The molecule has 1 aliphatic heterocycles. The second-order valence-electron chi connectivity index (χ2n) is 9.13. The molecule has 1 saturated heterocycles. The van der Waals surface area contributed by atoms with Crippen molar-refractivity contribution in [2.45, 2.75) is 30.7 Å². The molecule has 4 rings (SSSR count).